The molecule has 1 aliphatic heterocycles. The molecule has 17 heteroatoms. The second-order valence-electron chi connectivity index (χ2n) is 10.2. The summed E-state index contributed by atoms with van der Waals surface area (Å²) in [5.41, 5.74) is -2.25. The number of piperidine rings is 1. The summed E-state index contributed by atoms with van der Waals surface area (Å²) >= 11 is 12.6. The number of benzene rings is 2. The van der Waals surface area contributed by atoms with Crippen LogP contribution >= 0.6 is 23.2 Å². The van der Waals surface area contributed by atoms with Crippen LogP contribution in [0.15, 0.2) is 40.3 Å². The number of halogens is 5. The molecule has 2 aromatic carbocycles. The van der Waals surface area contributed by atoms with Crippen molar-refractivity contribution in [2.75, 3.05) is 25.4 Å². The van der Waals surface area contributed by atoms with Crippen LogP contribution < -0.4 is 16.2 Å². The first-order chi connectivity index (χ1) is 20.6. The zero-order chi connectivity index (χ0) is 32.4. The number of carboxylic acid groups (broad SMARTS) is 1. The number of rotatable bonds is 9. The summed E-state index contributed by atoms with van der Waals surface area (Å²) in [6, 6.07) is 4.34. The fourth-order valence-electron chi connectivity index (χ4n) is 5.11. The van der Waals surface area contributed by atoms with Crippen molar-refractivity contribution < 1.29 is 36.3 Å². The van der Waals surface area contributed by atoms with E-state index in [1.807, 2.05) is 5.32 Å². The van der Waals surface area contributed by atoms with Gasteiger partial charge >= 0.3 is 12.3 Å². The van der Waals surface area contributed by atoms with Crippen LogP contribution in [0.25, 0.3) is 10.9 Å². The Balaban J connectivity index is 1.68. The van der Waals surface area contributed by atoms with Crippen LogP contribution in [0.5, 0.6) is 0 Å². The Bertz CT molecular complexity index is 1770. The lowest BCUT2D eigenvalue weighted by Gasteiger charge is -2.34. The number of likely N-dealkylation sites (tertiary alicyclic amines) is 1. The van der Waals surface area contributed by atoms with Gasteiger partial charge in [0.25, 0.3) is 5.56 Å². The van der Waals surface area contributed by atoms with Crippen LogP contribution in [0.3, 0.4) is 0 Å². The smallest absolute Gasteiger partial charge is 0.416 e. The molecule has 0 bridgehead atoms. The van der Waals surface area contributed by atoms with Gasteiger partial charge in [-0.05, 0) is 54.8 Å². The molecule has 44 heavy (non-hydrogen) atoms. The Morgan fingerprint density at radius 2 is 1.91 bits per heavy atom. The van der Waals surface area contributed by atoms with Crippen LogP contribution in [0.2, 0.25) is 10.0 Å². The quantitative estimate of drug-likeness (QED) is 0.309. The number of carbonyl (C=O) groups excluding carboxylic acids is 1. The summed E-state index contributed by atoms with van der Waals surface area (Å²) in [7, 11) is -3.71. The first-order valence-electron chi connectivity index (χ1n) is 13.4. The highest BCUT2D eigenvalue weighted by Crippen LogP contribution is 2.39. The van der Waals surface area contributed by atoms with Gasteiger partial charge in [0.1, 0.15) is 0 Å². The predicted octanol–water partition coefficient (Wildman–Crippen LogP) is 3.91. The van der Waals surface area contributed by atoms with Gasteiger partial charge in [0, 0.05) is 24.2 Å². The van der Waals surface area contributed by atoms with E-state index in [0.717, 1.165) is 10.9 Å². The third-order valence-electron chi connectivity index (χ3n) is 7.20. The number of nitrogens with one attached hydrogen (secondary N) is 2. The molecule has 1 atom stereocenters. The second kappa shape index (κ2) is 13.3. The van der Waals surface area contributed by atoms with Crippen LogP contribution in [-0.4, -0.2) is 71.4 Å². The van der Waals surface area contributed by atoms with Crippen molar-refractivity contribution in [3.8, 4) is 0 Å². The third kappa shape index (κ3) is 7.62. The summed E-state index contributed by atoms with van der Waals surface area (Å²) in [4.78, 5) is 41.9. The Labute approximate surface area is 259 Å². The lowest BCUT2D eigenvalue weighted by molar-refractivity contribution is -0.138. The molecule has 0 unspecified atom stereocenters. The number of hydrogen-bond donors (Lipinski definition) is 3. The molecule has 1 saturated heterocycles. The normalized spacial score (nSPS) is 16.2. The van der Waals surface area contributed by atoms with Crippen molar-refractivity contribution in [3.05, 3.63) is 67.7 Å². The van der Waals surface area contributed by atoms with Crippen molar-refractivity contribution in [1.29, 1.82) is 0 Å². The van der Waals surface area contributed by atoms with Gasteiger partial charge in [-0.15, -0.1) is 0 Å². The molecule has 1 aliphatic rings. The van der Waals surface area contributed by atoms with Gasteiger partial charge in [-0.1, -0.05) is 30.1 Å². The molecule has 0 spiro atoms. The zero-order valence-corrected chi connectivity index (χ0v) is 25.6. The monoisotopic (exact) mass is 677 g/mol. The number of sulfone groups is 1. The molecule has 2 amide bonds. The number of fused-ring (bicyclic) bond motifs is 1. The van der Waals surface area contributed by atoms with Gasteiger partial charge < -0.3 is 15.7 Å². The molecule has 1 aromatic heterocycles. The van der Waals surface area contributed by atoms with Gasteiger partial charge in [0.05, 0.1) is 51.6 Å². The minimum atomic E-state index is -4.89. The SMILES string of the molecule is CCS(=O)(=O)c1ccc(Cl)cc1Cn1cnc2c(Cl)c(CN3CCC[C@H](NC(=O)CNC(=O)O)C3)c(C(F)(F)F)cc2c1=O. The van der Waals surface area contributed by atoms with E-state index in [1.165, 1.54) is 25.1 Å². The van der Waals surface area contributed by atoms with Crippen LogP contribution in [0, 0.1) is 0 Å². The summed E-state index contributed by atoms with van der Waals surface area (Å²) in [5.74, 6) is -0.789. The van der Waals surface area contributed by atoms with Gasteiger partial charge in [-0.2, -0.15) is 13.2 Å². The van der Waals surface area contributed by atoms with Gasteiger partial charge in [-0.25, -0.2) is 18.2 Å². The zero-order valence-electron chi connectivity index (χ0n) is 23.2. The number of nitrogens with zero attached hydrogens (tertiary/aromatic N) is 3. The Morgan fingerprint density at radius 1 is 1.18 bits per heavy atom. The fourth-order valence-corrected chi connectivity index (χ4v) is 6.73. The molecule has 2 heterocycles. The van der Waals surface area contributed by atoms with Crippen molar-refractivity contribution in [2.45, 2.75) is 50.0 Å². The summed E-state index contributed by atoms with van der Waals surface area (Å²) < 4.78 is 69.3. The largest absolute Gasteiger partial charge is 0.465 e. The Hall–Kier alpha value is -3.40. The van der Waals surface area contributed by atoms with E-state index in [9.17, 15) is 36.0 Å². The van der Waals surface area contributed by atoms with Gasteiger partial charge in [0.15, 0.2) is 9.84 Å². The minimum Gasteiger partial charge on any atom is -0.465 e. The van der Waals surface area contributed by atoms with Gasteiger partial charge in [0.2, 0.25) is 5.91 Å². The first-order valence-corrected chi connectivity index (χ1v) is 15.8. The van der Waals surface area contributed by atoms with E-state index < -0.39 is 57.1 Å². The van der Waals surface area contributed by atoms with E-state index in [4.69, 9.17) is 28.3 Å². The molecule has 1 fully saturated rings. The standard InChI is InChI=1S/C27H28Cl2F3N5O6S/c1-2-44(42,43)21-6-5-16(28)8-15(21)11-37-14-34-24-18(25(37)39)9-20(27(30,31)32)19(23(24)29)13-36-7-3-4-17(12-36)35-22(38)10-33-26(40)41/h5-6,8-9,14,17,33H,2-4,7,10-13H2,1H3,(H,35,38)(H,40,41)/t17-/m0/s1. The molecule has 3 aromatic rings. The topological polar surface area (TPSA) is 151 Å². The molecular formula is C27H28Cl2F3N5O6S. The number of hydrogen-bond acceptors (Lipinski definition) is 7. The molecule has 11 nitrogen and oxygen atoms in total. The highest BCUT2D eigenvalue weighted by atomic mass is 35.5. The summed E-state index contributed by atoms with van der Waals surface area (Å²) in [5, 5.41) is 12.7. The maximum absolute atomic E-state index is 14.4. The minimum absolute atomic E-state index is 0.0602. The Kier molecular flexibility index (Phi) is 10.1. The average Bonchev–Trinajstić information content (AvgIpc) is 2.94. The third-order valence-corrected chi connectivity index (χ3v) is 9.67. The average molecular weight is 679 g/mol. The van der Waals surface area contributed by atoms with E-state index in [2.05, 4.69) is 10.3 Å². The Morgan fingerprint density at radius 3 is 2.57 bits per heavy atom. The fraction of sp³-hybridized carbons (Fsp3) is 0.407. The van der Waals surface area contributed by atoms with Crippen LogP contribution in [-0.2, 0) is 33.9 Å². The van der Waals surface area contributed by atoms with Crippen LogP contribution in [0.1, 0.15) is 36.5 Å². The molecular weight excluding hydrogens is 650 g/mol. The maximum Gasteiger partial charge on any atom is 0.416 e. The second-order valence-corrected chi connectivity index (χ2v) is 13.3. The number of carbonyl (C=O) groups is 2. The number of aromatic nitrogens is 2. The molecule has 0 saturated carbocycles. The van der Waals surface area contributed by atoms with Crippen molar-refractivity contribution in [3.63, 3.8) is 0 Å². The molecule has 238 valence electrons. The van der Waals surface area contributed by atoms with E-state index in [0.29, 0.717) is 25.5 Å². The molecule has 4 rings (SSSR count). The summed E-state index contributed by atoms with van der Waals surface area (Å²) in [6.45, 7) is 1.01. The number of amides is 2. The highest BCUT2D eigenvalue weighted by molar-refractivity contribution is 7.91. The highest BCUT2D eigenvalue weighted by Gasteiger charge is 2.37. The lowest BCUT2D eigenvalue weighted by atomic mass is 10.0. The van der Waals surface area contributed by atoms with Crippen molar-refractivity contribution in [1.82, 2.24) is 25.1 Å². The lowest BCUT2D eigenvalue weighted by Crippen LogP contribution is -2.49. The van der Waals surface area contributed by atoms with Gasteiger partial charge in [-0.3, -0.25) is 19.1 Å². The van der Waals surface area contributed by atoms with E-state index >= 15 is 0 Å². The molecule has 3 N–H and O–H groups in total. The summed E-state index contributed by atoms with van der Waals surface area (Å²) in [6.07, 6.45) is -4.07. The maximum atomic E-state index is 14.4. The number of alkyl halides is 3. The first kappa shape index (κ1) is 33.5. The molecule has 0 aliphatic carbocycles. The van der Waals surface area contributed by atoms with Crippen molar-refractivity contribution in [2.24, 2.45) is 0 Å². The molecule has 0 radical (unpaired) electrons. The van der Waals surface area contributed by atoms with Crippen LogP contribution in [0.4, 0.5) is 18.0 Å². The van der Waals surface area contributed by atoms with E-state index in [-0.39, 0.29) is 57.0 Å². The van der Waals surface area contributed by atoms with Crippen molar-refractivity contribution >= 4 is 55.9 Å². The predicted molar refractivity (Wildman–Crippen MR) is 157 cm³/mol. The van der Waals surface area contributed by atoms with E-state index in [1.54, 1.807) is 4.90 Å².